The number of carbonyl (C=O) groups excluding carboxylic acids is 4. The molecule has 0 fully saturated rings. The van der Waals surface area contributed by atoms with Crippen molar-refractivity contribution in [2.75, 3.05) is 0 Å². The predicted molar refractivity (Wildman–Crippen MR) is 167 cm³/mol. The van der Waals surface area contributed by atoms with Crippen LogP contribution in [0.1, 0.15) is 55.7 Å². The van der Waals surface area contributed by atoms with Crippen molar-refractivity contribution in [1.82, 2.24) is 0 Å². The number of rotatable bonds is 14. The van der Waals surface area contributed by atoms with Gasteiger partial charge in [0.15, 0.2) is 0 Å². The molecule has 0 unspecified atom stereocenters. The molecule has 246 valence electrons. The Bertz CT molecular complexity index is 1770. The summed E-state index contributed by atoms with van der Waals surface area (Å²) in [5.74, 6) is -7.94. The number of benzene rings is 4. The average molecular weight is 655 g/mol. The summed E-state index contributed by atoms with van der Waals surface area (Å²) in [5, 5.41) is 1.95. The fourth-order valence-electron chi connectivity index (χ4n) is 5.46. The van der Waals surface area contributed by atoms with Crippen LogP contribution in [0.25, 0.3) is 33.0 Å². The lowest BCUT2D eigenvalue weighted by Gasteiger charge is -2.16. The molecule has 0 aromatic heterocycles. The number of hydrogen-bond donors (Lipinski definition) is 0. The highest BCUT2D eigenvalue weighted by Gasteiger charge is 2.43. The highest BCUT2D eigenvalue weighted by molar-refractivity contribution is 6.40. The van der Waals surface area contributed by atoms with Crippen molar-refractivity contribution < 1.29 is 45.5 Å². The SMILES string of the molecule is CCCCCCCc1cccc2cc(-c3ccc(CC(=O)C(=O)C(F)(F)F)cc3)c(-c3ccc(CC(=O)C(=O)C(F)(F)F)cc3)cc12. The van der Waals surface area contributed by atoms with Crippen LogP contribution in [0.2, 0.25) is 0 Å². The smallest absolute Gasteiger partial charge is 0.290 e. The van der Waals surface area contributed by atoms with Crippen LogP contribution >= 0.6 is 0 Å². The summed E-state index contributed by atoms with van der Waals surface area (Å²) in [4.78, 5) is 46.4. The summed E-state index contributed by atoms with van der Waals surface area (Å²) in [5.41, 5.74) is 4.42. The number of unbranched alkanes of at least 4 members (excludes halogenated alkanes) is 4. The van der Waals surface area contributed by atoms with Crippen LogP contribution in [0.15, 0.2) is 78.9 Å². The van der Waals surface area contributed by atoms with Gasteiger partial charge in [-0.1, -0.05) is 99.3 Å². The minimum atomic E-state index is -5.25. The second kappa shape index (κ2) is 14.9. The molecule has 0 heterocycles. The summed E-state index contributed by atoms with van der Waals surface area (Å²) in [7, 11) is 0. The van der Waals surface area contributed by atoms with Crippen molar-refractivity contribution in [2.24, 2.45) is 0 Å². The third-order valence-corrected chi connectivity index (χ3v) is 7.94. The average Bonchev–Trinajstić information content (AvgIpc) is 3.03. The van der Waals surface area contributed by atoms with E-state index >= 15 is 0 Å². The van der Waals surface area contributed by atoms with Crippen molar-refractivity contribution in [3.63, 3.8) is 0 Å². The normalized spacial score (nSPS) is 11.9. The standard InChI is InChI=1S/C37H32F6O4/c1-2-3-4-5-6-8-25-9-7-10-28-21-30(26-15-11-23(12-16-26)19-32(44)34(46)36(38,39)40)31(22-29(25)28)27-17-13-24(14-18-27)20-33(45)35(47)37(41,42)43/h7,9-18,21-22H,2-6,8,19-20H2,1H3. The van der Waals surface area contributed by atoms with Gasteiger partial charge in [-0.05, 0) is 74.7 Å². The molecule has 0 saturated heterocycles. The van der Waals surface area contributed by atoms with E-state index in [0.29, 0.717) is 11.1 Å². The van der Waals surface area contributed by atoms with E-state index in [9.17, 15) is 45.5 Å². The Balaban J connectivity index is 1.71. The molecule has 4 aromatic rings. The summed E-state index contributed by atoms with van der Waals surface area (Å²) in [6.45, 7) is 2.15. The van der Waals surface area contributed by atoms with Gasteiger partial charge in [0.2, 0.25) is 11.6 Å². The lowest BCUT2D eigenvalue weighted by atomic mass is 9.88. The van der Waals surface area contributed by atoms with Crippen LogP contribution in [0.5, 0.6) is 0 Å². The van der Waals surface area contributed by atoms with E-state index in [1.807, 2.05) is 24.3 Å². The number of halogens is 6. The van der Waals surface area contributed by atoms with Crippen LogP contribution in [-0.4, -0.2) is 35.5 Å². The first-order chi connectivity index (χ1) is 22.2. The molecule has 0 aliphatic heterocycles. The van der Waals surface area contributed by atoms with Gasteiger partial charge in [0.05, 0.1) is 0 Å². The van der Waals surface area contributed by atoms with E-state index in [0.717, 1.165) is 59.6 Å². The topological polar surface area (TPSA) is 68.3 Å². The van der Waals surface area contributed by atoms with Crippen molar-refractivity contribution in [3.05, 3.63) is 95.6 Å². The first-order valence-corrected chi connectivity index (χ1v) is 15.2. The molecule has 0 spiro atoms. The number of fused-ring (bicyclic) bond motifs is 1. The summed E-state index contributed by atoms with van der Waals surface area (Å²) in [6, 6.07) is 22.5. The number of carbonyl (C=O) groups is 4. The van der Waals surface area contributed by atoms with E-state index < -0.39 is 48.3 Å². The molecule has 0 aliphatic carbocycles. The zero-order chi connectivity index (χ0) is 34.4. The maximum Gasteiger partial charge on any atom is 0.458 e. The molecular weight excluding hydrogens is 622 g/mol. The molecule has 0 saturated carbocycles. The van der Waals surface area contributed by atoms with Gasteiger partial charge in [0.25, 0.3) is 0 Å². The molecule has 0 radical (unpaired) electrons. The molecule has 0 bridgehead atoms. The molecule has 0 N–H and O–H groups in total. The largest absolute Gasteiger partial charge is 0.458 e. The van der Waals surface area contributed by atoms with Gasteiger partial charge >= 0.3 is 23.9 Å². The Kier molecular flexibility index (Phi) is 11.2. The molecular formula is C37H32F6O4. The molecule has 10 heteroatoms. The molecule has 0 amide bonds. The first kappa shape index (κ1) is 35.3. The maximum atomic E-state index is 12.7. The Hall–Kier alpha value is -4.60. The number of ketones is 4. The minimum absolute atomic E-state index is 0.228. The number of aryl methyl sites for hydroxylation is 1. The monoisotopic (exact) mass is 654 g/mol. The van der Waals surface area contributed by atoms with Crippen LogP contribution in [0.4, 0.5) is 26.3 Å². The Morgan fingerprint density at radius 3 is 1.51 bits per heavy atom. The summed E-state index contributed by atoms with van der Waals surface area (Å²) >= 11 is 0. The molecule has 0 aliphatic rings. The number of Topliss-reactive ketones (excluding diaryl/α,β-unsaturated/α-hetero) is 4. The van der Waals surface area contributed by atoms with Crippen molar-refractivity contribution in [1.29, 1.82) is 0 Å². The zero-order valence-corrected chi connectivity index (χ0v) is 25.6. The summed E-state index contributed by atoms with van der Waals surface area (Å²) < 4.78 is 76.2. The van der Waals surface area contributed by atoms with Gasteiger partial charge < -0.3 is 0 Å². The van der Waals surface area contributed by atoms with Crippen LogP contribution in [0.3, 0.4) is 0 Å². The van der Waals surface area contributed by atoms with Crippen molar-refractivity contribution in [3.8, 4) is 22.3 Å². The number of hydrogen-bond acceptors (Lipinski definition) is 4. The van der Waals surface area contributed by atoms with E-state index in [-0.39, 0.29) is 11.1 Å². The summed E-state index contributed by atoms with van der Waals surface area (Å²) in [6.07, 6.45) is -5.51. The fourth-order valence-corrected chi connectivity index (χ4v) is 5.46. The van der Waals surface area contributed by atoms with Gasteiger partial charge in [-0.2, -0.15) is 26.3 Å². The van der Waals surface area contributed by atoms with Crippen molar-refractivity contribution in [2.45, 2.75) is 70.6 Å². The fraction of sp³-hybridized carbons (Fsp3) is 0.297. The minimum Gasteiger partial charge on any atom is -0.290 e. The Morgan fingerprint density at radius 2 is 1.04 bits per heavy atom. The zero-order valence-electron chi connectivity index (χ0n) is 25.6. The van der Waals surface area contributed by atoms with Crippen LogP contribution < -0.4 is 0 Å². The van der Waals surface area contributed by atoms with Gasteiger partial charge in [0.1, 0.15) is 0 Å². The molecule has 47 heavy (non-hydrogen) atoms. The lowest BCUT2D eigenvalue weighted by molar-refractivity contribution is -0.174. The van der Waals surface area contributed by atoms with Gasteiger partial charge in [-0.25, -0.2) is 0 Å². The second-order valence-corrected chi connectivity index (χ2v) is 11.4. The van der Waals surface area contributed by atoms with Crippen LogP contribution in [0, 0.1) is 0 Å². The highest BCUT2D eigenvalue weighted by atomic mass is 19.4. The quantitative estimate of drug-likeness (QED) is 0.0773. The predicted octanol–water partition coefficient (Wildman–Crippen LogP) is 9.17. The third-order valence-electron chi connectivity index (χ3n) is 7.94. The second-order valence-electron chi connectivity index (χ2n) is 11.4. The van der Waals surface area contributed by atoms with Gasteiger partial charge in [0, 0.05) is 12.8 Å². The van der Waals surface area contributed by atoms with Crippen molar-refractivity contribution >= 4 is 33.9 Å². The van der Waals surface area contributed by atoms with E-state index in [1.165, 1.54) is 30.7 Å². The van der Waals surface area contributed by atoms with E-state index in [2.05, 4.69) is 13.0 Å². The van der Waals surface area contributed by atoms with Crippen LogP contribution in [-0.2, 0) is 38.4 Å². The van der Waals surface area contributed by atoms with Gasteiger partial charge in [-0.15, -0.1) is 0 Å². The highest BCUT2D eigenvalue weighted by Crippen LogP contribution is 2.37. The molecule has 4 rings (SSSR count). The molecule has 0 atom stereocenters. The van der Waals surface area contributed by atoms with Gasteiger partial charge in [-0.3, -0.25) is 19.2 Å². The maximum absolute atomic E-state index is 12.7. The molecule has 4 aromatic carbocycles. The molecule has 4 nitrogen and oxygen atoms in total. The Labute approximate surface area is 267 Å². The first-order valence-electron chi connectivity index (χ1n) is 15.2. The van der Waals surface area contributed by atoms with E-state index in [4.69, 9.17) is 0 Å². The third kappa shape index (κ3) is 9.02. The Morgan fingerprint density at radius 1 is 0.574 bits per heavy atom. The van der Waals surface area contributed by atoms with E-state index in [1.54, 1.807) is 24.3 Å². The number of alkyl halides is 6. The lowest BCUT2D eigenvalue weighted by Crippen LogP contribution is -2.31.